The van der Waals surface area contributed by atoms with E-state index in [9.17, 15) is 10.2 Å². The van der Waals surface area contributed by atoms with Gasteiger partial charge < -0.3 is 14.9 Å². The maximum atomic E-state index is 11.1. The number of rotatable bonds is 6. The summed E-state index contributed by atoms with van der Waals surface area (Å²) in [7, 11) is 0. The molecule has 0 spiro atoms. The van der Waals surface area contributed by atoms with E-state index >= 15 is 0 Å². The van der Waals surface area contributed by atoms with Crippen LogP contribution in [0.2, 0.25) is 0 Å². The molecule has 3 nitrogen and oxygen atoms in total. The molecule has 5 fully saturated rings. The van der Waals surface area contributed by atoms with Crippen molar-refractivity contribution < 1.29 is 14.9 Å². The lowest BCUT2D eigenvalue weighted by atomic mass is 9.43. The summed E-state index contributed by atoms with van der Waals surface area (Å²) < 4.78 is 5.50. The summed E-state index contributed by atoms with van der Waals surface area (Å²) in [5.41, 5.74) is 0.582. The largest absolute Gasteiger partial charge is 0.393 e. The van der Waals surface area contributed by atoms with Gasteiger partial charge in [-0.25, -0.2) is 0 Å². The van der Waals surface area contributed by atoms with Crippen LogP contribution in [0.4, 0.5) is 0 Å². The zero-order valence-corrected chi connectivity index (χ0v) is 22.7. The first kappa shape index (κ1) is 25.5. The minimum absolute atomic E-state index is 0.129. The van der Waals surface area contributed by atoms with Crippen LogP contribution in [0.15, 0.2) is 0 Å². The zero-order valence-electron chi connectivity index (χ0n) is 22.7. The molecule has 0 aromatic carbocycles. The highest BCUT2D eigenvalue weighted by molar-refractivity contribution is 5.10. The molecule has 0 aromatic heterocycles. The first-order valence-corrected chi connectivity index (χ1v) is 15.2. The summed E-state index contributed by atoms with van der Waals surface area (Å²) in [6.45, 7) is 11.6. The standard InChI is InChI=1S/C31H54O3/c1-5-31(33)17-16-29(3)23(20-31)7-8-24-26-10-9-25(30(26,4)15-12-27(24)29)21(2)6-11-28(32)22-13-18-34-19-14-22/h21-28,32-33H,5-20H2,1-4H3/t21-,23-,24+,25-,26+,27+,28-,29+,30-,31+/m1/s1. The Hall–Kier alpha value is -0.120. The van der Waals surface area contributed by atoms with E-state index in [0.29, 0.717) is 16.7 Å². The maximum Gasteiger partial charge on any atom is 0.0648 e. The summed E-state index contributed by atoms with van der Waals surface area (Å²) in [5, 5.41) is 21.9. The number of hydrogen-bond acceptors (Lipinski definition) is 3. The van der Waals surface area contributed by atoms with Crippen LogP contribution in [0, 0.1) is 52.3 Å². The fourth-order valence-electron chi connectivity index (χ4n) is 10.6. The third kappa shape index (κ3) is 4.32. The predicted octanol–water partition coefficient (Wildman–Crippen LogP) is 6.99. The Labute approximate surface area is 209 Å². The Morgan fingerprint density at radius 3 is 2.32 bits per heavy atom. The van der Waals surface area contributed by atoms with E-state index in [0.717, 1.165) is 87.2 Å². The van der Waals surface area contributed by atoms with Crippen LogP contribution >= 0.6 is 0 Å². The second-order valence-electron chi connectivity index (χ2n) is 14.2. The molecule has 3 heteroatoms. The smallest absolute Gasteiger partial charge is 0.0648 e. The number of aliphatic hydroxyl groups is 2. The highest BCUT2D eigenvalue weighted by Gasteiger charge is 2.61. The molecule has 4 aliphatic carbocycles. The normalized spacial score (nSPS) is 49.1. The summed E-state index contributed by atoms with van der Waals surface area (Å²) >= 11 is 0. The van der Waals surface area contributed by atoms with Gasteiger partial charge in [0.15, 0.2) is 0 Å². The van der Waals surface area contributed by atoms with Gasteiger partial charge in [0.2, 0.25) is 0 Å². The molecule has 0 amide bonds. The third-order valence-corrected chi connectivity index (χ3v) is 13.0. The topological polar surface area (TPSA) is 49.7 Å². The summed E-state index contributed by atoms with van der Waals surface area (Å²) in [4.78, 5) is 0. The van der Waals surface area contributed by atoms with Crippen molar-refractivity contribution in [3.05, 3.63) is 0 Å². The summed E-state index contributed by atoms with van der Waals surface area (Å²) in [5.74, 6) is 5.46. The Kier molecular flexibility index (Phi) is 7.24. The van der Waals surface area contributed by atoms with E-state index in [4.69, 9.17) is 4.74 Å². The molecule has 0 aromatic rings. The van der Waals surface area contributed by atoms with Gasteiger partial charge in [-0.3, -0.25) is 0 Å². The van der Waals surface area contributed by atoms with Crippen molar-refractivity contribution in [3.63, 3.8) is 0 Å². The van der Waals surface area contributed by atoms with Crippen molar-refractivity contribution in [2.45, 2.75) is 129 Å². The molecule has 4 saturated carbocycles. The Balaban J connectivity index is 1.23. The zero-order chi connectivity index (χ0) is 24.1. The Morgan fingerprint density at radius 1 is 0.853 bits per heavy atom. The molecular weight excluding hydrogens is 420 g/mol. The van der Waals surface area contributed by atoms with Crippen molar-refractivity contribution in [1.29, 1.82) is 0 Å². The van der Waals surface area contributed by atoms with Gasteiger partial charge >= 0.3 is 0 Å². The highest BCUT2D eigenvalue weighted by atomic mass is 16.5. The number of ether oxygens (including phenoxy) is 1. The van der Waals surface area contributed by atoms with Gasteiger partial charge in [-0.05, 0) is 142 Å². The van der Waals surface area contributed by atoms with E-state index < -0.39 is 0 Å². The monoisotopic (exact) mass is 474 g/mol. The van der Waals surface area contributed by atoms with Gasteiger partial charge in [0.05, 0.1) is 11.7 Å². The molecule has 5 aliphatic rings. The van der Waals surface area contributed by atoms with Crippen LogP contribution in [0.3, 0.4) is 0 Å². The number of aliphatic hydroxyl groups excluding tert-OH is 1. The lowest BCUT2D eigenvalue weighted by Gasteiger charge is -2.62. The molecule has 0 bridgehead atoms. The van der Waals surface area contributed by atoms with Crippen molar-refractivity contribution in [2.75, 3.05) is 13.2 Å². The molecular formula is C31H54O3. The maximum absolute atomic E-state index is 11.1. The minimum Gasteiger partial charge on any atom is -0.393 e. The van der Waals surface area contributed by atoms with E-state index in [1.54, 1.807) is 0 Å². The summed E-state index contributed by atoms with van der Waals surface area (Å²) in [6.07, 6.45) is 16.8. The Bertz CT molecular complexity index is 703. The van der Waals surface area contributed by atoms with E-state index in [-0.39, 0.29) is 11.7 Å². The van der Waals surface area contributed by atoms with Gasteiger partial charge in [0.1, 0.15) is 0 Å². The van der Waals surface area contributed by atoms with Crippen molar-refractivity contribution in [1.82, 2.24) is 0 Å². The first-order valence-electron chi connectivity index (χ1n) is 15.2. The molecule has 34 heavy (non-hydrogen) atoms. The fourth-order valence-corrected chi connectivity index (χ4v) is 10.6. The van der Waals surface area contributed by atoms with Crippen LogP contribution < -0.4 is 0 Å². The molecule has 10 atom stereocenters. The van der Waals surface area contributed by atoms with Gasteiger partial charge in [0, 0.05) is 13.2 Å². The quantitative estimate of drug-likeness (QED) is 0.436. The second kappa shape index (κ2) is 9.64. The van der Waals surface area contributed by atoms with Crippen LogP contribution in [-0.4, -0.2) is 35.1 Å². The van der Waals surface area contributed by atoms with Crippen LogP contribution in [-0.2, 0) is 4.74 Å². The van der Waals surface area contributed by atoms with E-state index in [1.165, 1.54) is 51.4 Å². The van der Waals surface area contributed by atoms with Gasteiger partial charge in [-0.2, -0.15) is 0 Å². The van der Waals surface area contributed by atoms with E-state index in [2.05, 4.69) is 27.7 Å². The van der Waals surface area contributed by atoms with Crippen molar-refractivity contribution in [2.24, 2.45) is 52.3 Å². The molecule has 1 heterocycles. The second-order valence-corrected chi connectivity index (χ2v) is 14.2. The minimum atomic E-state index is -0.386. The average Bonchev–Trinajstić information content (AvgIpc) is 3.20. The van der Waals surface area contributed by atoms with Crippen molar-refractivity contribution in [3.8, 4) is 0 Å². The molecule has 196 valence electrons. The van der Waals surface area contributed by atoms with Gasteiger partial charge in [-0.1, -0.05) is 27.7 Å². The third-order valence-electron chi connectivity index (χ3n) is 13.0. The molecule has 5 rings (SSSR count). The Morgan fingerprint density at radius 2 is 1.59 bits per heavy atom. The van der Waals surface area contributed by atoms with Crippen molar-refractivity contribution >= 4 is 0 Å². The van der Waals surface area contributed by atoms with Gasteiger partial charge in [-0.15, -0.1) is 0 Å². The summed E-state index contributed by atoms with van der Waals surface area (Å²) in [6, 6.07) is 0. The molecule has 2 N–H and O–H groups in total. The lowest BCUT2D eigenvalue weighted by Crippen LogP contribution is -2.56. The fraction of sp³-hybridized carbons (Fsp3) is 1.00. The van der Waals surface area contributed by atoms with Gasteiger partial charge in [0.25, 0.3) is 0 Å². The van der Waals surface area contributed by atoms with Crippen LogP contribution in [0.5, 0.6) is 0 Å². The number of fused-ring (bicyclic) bond motifs is 5. The molecule has 1 saturated heterocycles. The van der Waals surface area contributed by atoms with Crippen LogP contribution in [0.1, 0.15) is 118 Å². The number of hydrogen-bond donors (Lipinski definition) is 2. The predicted molar refractivity (Wildman–Crippen MR) is 138 cm³/mol. The lowest BCUT2D eigenvalue weighted by molar-refractivity contribution is -0.152. The highest BCUT2D eigenvalue weighted by Crippen LogP contribution is 2.69. The molecule has 0 radical (unpaired) electrons. The first-order chi connectivity index (χ1) is 16.2. The average molecular weight is 475 g/mol. The molecule has 0 unspecified atom stereocenters. The van der Waals surface area contributed by atoms with Crippen LogP contribution in [0.25, 0.3) is 0 Å². The van der Waals surface area contributed by atoms with E-state index in [1.807, 2.05) is 0 Å². The SMILES string of the molecule is CC[C@]1(O)CC[C@@]2(C)[C@H](CC[C@@H]3[C@@H]2CC[C@]2(C)[C@@H]([C@H](C)CC[C@@H](O)C4CCOCC4)CC[C@@H]32)C1. The molecule has 1 aliphatic heterocycles.